The van der Waals surface area contributed by atoms with E-state index in [1.54, 1.807) is 6.20 Å². The Kier molecular flexibility index (Phi) is 3.08. The van der Waals surface area contributed by atoms with E-state index in [0.717, 1.165) is 0 Å². The van der Waals surface area contributed by atoms with Gasteiger partial charge in [-0.25, -0.2) is 4.98 Å². The van der Waals surface area contributed by atoms with Crippen molar-refractivity contribution in [2.24, 2.45) is 5.92 Å². The van der Waals surface area contributed by atoms with E-state index in [0.29, 0.717) is 19.0 Å². The lowest BCUT2D eigenvalue weighted by Crippen LogP contribution is -2.57. The van der Waals surface area contributed by atoms with Crippen molar-refractivity contribution in [3.8, 4) is 5.88 Å². The van der Waals surface area contributed by atoms with Crippen LogP contribution in [0.1, 0.15) is 13.8 Å². The Morgan fingerprint density at radius 2 is 2.25 bits per heavy atom. The van der Waals surface area contributed by atoms with Crippen LogP contribution in [0.4, 0.5) is 0 Å². The van der Waals surface area contributed by atoms with E-state index >= 15 is 0 Å². The molecule has 4 heteroatoms. The van der Waals surface area contributed by atoms with Crippen molar-refractivity contribution in [1.29, 1.82) is 0 Å². The smallest absolute Gasteiger partial charge is 0.225 e. The molecule has 0 aromatic carbocycles. The second-order valence-corrected chi connectivity index (χ2v) is 4.31. The molecule has 2 heterocycles. The van der Waals surface area contributed by atoms with Crippen LogP contribution in [0.2, 0.25) is 0 Å². The number of carbonyl (C=O) groups excluding carboxylic acids is 1. The summed E-state index contributed by atoms with van der Waals surface area (Å²) in [5.41, 5.74) is 0. The Balaban J connectivity index is 1.79. The summed E-state index contributed by atoms with van der Waals surface area (Å²) in [6.45, 7) is 5.17. The van der Waals surface area contributed by atoms with Gasteiger partial charge in [0, 0.05) is 18.2 Å². The highest BCUT2D eigenvalue weighted by atomic mass is 16.5. The van der Waals surface area contributed by atoms with Gasteiger partial charge in [-0.2, -0.15) is 0 Å². The summed E-state index contributed by atoms with van der Waals surface area (Å²) in [5, 5.41) is 0. The van der Waals surface area contributed by atoms with Crippen LogP contribution in [0.15, 0.2) is 24.4 Å². The van der Waals surface area contributed by atoms with Gasteiger partial charge in [-0.15, -0.1) is 0 Å². The molecule has 0 bridgehead atoms. The third-order valence-corrected chi connectivity index (χ3v) is 2.58. The lowest BCUT2D eigenvalue weighted by atomic mass is 10.1. The lowest BCUT2D eigenvalue weighted by Gasteiger charge is -2.39. The summed E-state index contributed by atoms with van der Waals surface area (Å²) < 4.78 is 5.61. The van der Waals surface area contributed by atoms with Crippen LogP contribution in [0, 0.1) is 5.92 Å². The molecular weight excluding hydrogens is 204 g/mol. The van der Waals surface area contributed by atoms with Crippen molar-refractivity contribution < 1.29 is 9.53 Å². The zero-order chi connectivity index (χ0) is 11.5. The largest absolute Gasteiger partial charge is 0.471 e. The quantitative estimate of drug-likeness (QED) is 0.771. The predicted molar refractivity (Wildman–Crippen MR) is 60.1 cm³/mol. The first-order chi connectivity index (χ1) is 7.66. The minimum Gasteiger partial charge on any atom is -0.471 e. The first kappa shape index (κ1) is 10.9. The lowest BCUT2D eigenvalue weighted by molar-refractivity contribution is -0.143. The molecule has 0 spiro atoms. The van der Waals surface area contributed by atoms with E-state index in [9.17, 15) is 4.79 Å². The minimum absolute atomic E-state index is 0.0656. The molecule has 0 N–H and O–H groups in total. The number of amides is 1. The molecule has 1 amide bonds. The first-order valence-electron chi connectivity index (χ1n) is 5.53. The van der Waals surface area contributed by atoms with Crippen LogP contribution in [0.3, 0.4) is 0 Å². The molecule has 0 atom stereocenters. The van der Waals surface area contributed by atoms with E-state index < -0.39 is 0 Å². The number of nitrogens with zero attached hydrogens (tertiary/aromatic N) is 2. The van der Waals surface area contributed by atoms with E-state index in [1.807, 2.05) is 36.9 Å². The van der Waals surface area contributed by atoms with Crippen LogP contribution >= 0.6 is 0 Å². The molecule has 0 unspecified atom stereocenters. The molecule has 1 aromatic heterocycles. The van der Waals surface area contributed by atoms with E-state index in [-0.39, 0.29) is 17.9 Å². The number of carbonyl (C=O) groups is 1. The fourth-order valence-corrected chi connectivity index (χ4v) is 1.65. The number of rotatable bonds is 3. The fourth-order valence-electron chi connectivity index (χ4n) is 1.65. The van der Waals surface area contributed by atoms with Gasteiger partial charge in [-0.3, -0.25) is 4.79 Å². The Morgan fingerprint density at radius 3 is 2.81 bits per heavy atom. The second-order valence-electron chi connectivity index (χ2n) is 4.31. The van der Waals surface area contributed by atoms with Crippen LogP contribution in [0.5, 0.6) is 5.88 Å². The molecule has 0 radical (unpaired) electrons. The molecule has 86 valence electrons. The van der Waals surface area contributed by atoms with Gasteiger partial charge in [0.05, 0.1) is 13.1 Å². The topological polar surface area (TPSA) is 42.4 Å². The number of hydrogen-bond acceptors (Lipinski definition) is 3. The van der Waals surface area contributed by atoms with Crippen molar-refractivity contribution in [2.45, 2.75) is 20.0 Å². The Bertz CT molecular complexity index is 359. The summed E-state index contributed by atoms with van der Waals surface area (Å²) in [4.78, 5) is 17.5. The third kappa shape index (κ3) is 2.32. The van der Waals surface area contributed by atoms with Gasteiger partial charge in [0.15, 0.2) is 0 Å². The first-order valence-corrected chi connectivity index (χ1v) is 5.53. The van der Waals surface area contributed by atoms with E-state index in [4.69, 9.17) is 4.74 Å². The van der Waals surface area contributed by atoms with Crippen LogP contribution in [-0.2, 0) is 4.79 Å². The van der Waals surface area contributed by atoms with Crippen LogP contribution < -0.4 is 4.74 Å². The molecule has 0 aliphatic carbocycles. The molecular formula is C12H16N2O2. The number of likely N-dealkylation sites (tertiary alicyclic amines) is 1. The van der Waals surface area contributed by atoms with Crippen molar-refractivity contribution in [3.63, 3.8) is 0 Å². The zero-order valence-electron chi connectivity index (χ0n) is 9.59. The monoisotopic (exact) mass is 220 g/mol. The maximum Gasteiger partial charge on any atom is 0.225 e. The van der Waals surface area contributed by atoms with Gasteiger partial charge in [0.2, 0.25) is 11.8 Å². The van der Waals surface area contributed by atoms with E-state index in [2.05, 4.69) is 4.98 Å². The summed E-state index contributed by atoms with van der Waals surface area (Å²) in [6.07, 6.45) is 1.79. The molecule has 0 saturated carbocycles. The number of aromatic nitrogens is 1. The number of ether oxygens (including phenoxy) is 1. The van der Waals surface area contributed by atoms with Crippen molar-refractivity contribution in [1.82, 2.24) is 9.88 Å². The standard InChI is InChI=1S/C12H16N2O2/c1-9(2)12(15)14-7-10(8-14)16-11-5-3-4-6-13-11/h3-6,9-10H,7-8H2,1-2H3. The van der Waals surface area contributed by atoms with Crippen LogP contribution in [-0.4, -0.2) is 35.0 Å². The number of pyridine rings is 1. The number of hydrogen-bond donors (Lipinski definition) is 0. The highest BCUT2D eigenvalue weighted by molar-refractivity contribution is 5.79. The normalized spacial score (nSPS) is 16.1. The molecule has 1 aromatic rings. The van der Waals surface area contributed by atoms with Crippen LogP contribution in [0.25, 0.3) is 0 Å². The molecule has 1 aliphatic rings. The van der Waals surface area contributed by atoms with Gasteiger partial charge in [0.25, 0.3) is 0 Å². The minimum atomic E-state index is 0.0656. The molecule has 2 rings (SSSR count). The average molecular weight is 220 g/mol. The Labute approximate surface area is 95.2 Å². The summed E-state index contributed by atoms with van der Waals surface area (Å²) in [7, 11) is 0. The summed E-state index contributed by atoms with van der Waals surface area (Å²) in [6, 6.07) is 5.56. The Morgan fingerprint density at radius 1 is 1.50 bits per heavy atom. The fraction of sp³-hybridized carbons (Fsp3) is 0.500. The molecule has 1 aliphatic heterocycles. The average Bonchev–Trinajstić information content (AvgIpc) is 2.23. The van der Waals surface area contributed by atoms with Gasteiger partial charge < -0.3 is 9.64 Å². The predicted octanol–water partition coefficient (Wildman–Crippen LogP) is 1.33. The molecule has 1 saturated heterocycles. The highest BCUT2D eigenvalue weighted by Gasteiger charge is 2.33. The van der Waals surface area contributed by atoms with Gasteiger partial charge in [-0.1, -0.05) is 19.9 Å². The maximum atomic E-state index is 11.6. The van der Waals surface area contributed by atoms with Gasteiger partial charge >= 0.3 is 0 Å². The summed E-state index contributed by atoms with van der Waals surface area (Å²) in [5.74, 6) is 0.890. The maximum absolute atomic E-state index is 11.6. The van der Waals surface area contributed by atoms with Crippen molar-refractivity contribution >= 4 is 5.91 Å². The van der Waals surface area contributed by atoms with Crippen molar-refractivity contribution in [3.05, 3.63) is 24.4 Å². The molecule has 1 fully saturated rings. The Hall–Kier alpha value is -1.58. The van der Waals surface area contributed by atoms with Gasteiger partial charge in [-0.05, 0) is 6.07 Å². The molecule has 4 nitrogen and oxygen atoms in total. The molecule has 16 heavy (non-hydrogen) atoms. The SMILES string of the molecule is CC(C)C(=O)N1CC(Oc2ccccn2)C1. The zero-order valence-corrected chi connectivity index (χ0v) is 9.59. The highest BCUT2D eigenvalue weighted by Crippen LogP contribution is 2.17. The van der Waals surface area contributed by atoms with Crippen molar-refractivity contribution in [2.75, 3.05) is 13.1 Å². The summed E-state index contributed by atoms with van der Waals surface area (Å²) >= 11 is 0. The third-order valence-electron chi connectivity index (χ3n) is 2.58. The second kappa shape index (κ2) is 4.51. The van der Waals surface area contributed by atoms with E-state index in [1.165, 1.54) is 0 Å². The van der Waals surface area contributed by atoms with Gasteiger partial charge in [0.1, 0.15) is 6.10 Å².